The zero-order valence-electron chi connectivity index (χ0n) is 17.2. The molecule has 0 amide bonds. The number of carbonyl (C=O) groups excluding carboxylic acids is 1. The Morgan fingerprint density at radius 3 is 2.52 bits per heavy atom. The second kappa shape index (κ2) is 12.5. The number of ether oxygens (including phenoxy) is 2. The molecule has 0 spiro atoms. The zero-order valence-corrected chi connectivity index (χ0v) is 18.0. The second-order valence-electron chi connectivity index (χ2n) is 7.48. The number of likely N-dealkylation sites (tertiary alicyclic amines) is 1. The number of esters is 1. The highest BCUT2D eigenvalue weighted by molar-refractivity contribution is 5.89. The summed E-state index contributed by atoms with van der Waals surface area (Å²) in [5, 5.41) is 0. The van der Waals surface area contributed by atoms with E-state index in [-0.39, 0.29) is 18.4 Å². The van der Waals surface area contributed by atoms with E-state index in [0.29, 0.717) is 24.8 Å². The van der Waals surface area contributed by atoms with E-state index in [2.05, 4.69) is 24.0 Å². The first-order chi connectivity index (χ1) is 13.7. The lowest BCUT2D eigenvalue weighted by Crippen LogP contribution is -2.38. The van der Waals surface area contributed by atoms with E-state index in [4.69, 9.17) is 9.47 Å². The molecule has 3 rings (SSSR count). The van der Waals surface area contributed by atoms with Crippen molar-refractivity contribution in [3.63, 3.8) is 0 Å². The minimum Gasteiger partial charge on any atom is -0.493 e. The van der Waals surface area contributed by atoms with Gasteiger partial charge in [-0.2, -0.15) is 0 Å². The first kappa shape index (κ1) is 23.2. The van der Waals surface area contributed by atoms with E-state index in [1.165, 1.54) is 31.4 Å². The summed E-state index contributed by atoms with van der Waals surface area (Å²) in [7, 11) is 0. The van der Waals surface area contributed by atoms with Crippen LogP contribution in [0.1, 0.15) is 48.5 Å². The Morgan fingerprint density at radius 1 is 1.03 bits per heavy atom. The third-order valence-electron chi connectivity index (χ3n) is 5.36. The van der Waals surface area contributed by atoms with Gasteiger partial charge >= 0.3 is 5.97 Å². The molecule has 2 aromatic rings. The molecule has 5 heteroatoms. The summed E-state index contributed by atoms with van der Waals surface area (Å²) in [5.74, 6) is 0.508. The fraction of sp³-hybridized carbons (Fsp3) is 0.458. The molecule has 1 heterocycles. The fourth-order valence-electron chi connectivity index (χ4n) is 3.62. The Kier molecular flexibility index (Phi) is 10.0. The molecule has 1 fully saturated rings. The highest BCUT2D eigenvalue weighted by Crippen LogP contribution is 2.17. The number of rotatable bonds is 9. The summed E-state index contributed by atoms with van der Waals surface area (Å²) >= 11 is 0. The molecule has 0 radical (unpaired) electrons. The minimum absolute atomic E-state index is 0. The summed E-state index contributed by atoms with van der Waals surface area (Å²) < 4.78 is 11.2. The predicted octanol–water partition coefficient (Wildman–Crippen LogP) is 5.15. The smallest absolute Gasteiger partial charge is 0.338 e. The lowest BCUT2D eigenvalue weighted by molar-refractivity contribution is 0.0475. The van der Waals surface area contributed by atoms with Gasteiger partial charge < -0.3 is 14.4 Å². The Bertz CT molecular complexity index is 721. The van der Waals surface area contributed by atoms with Crippen molar-refractivity contribution in [1.82, 2.24) is 4.90 Å². The average Bonchev–Trinajstić information content (AvgIpc) is 2.73. The second-order valence-corrected chi connectivity index (χ2v) is 7.48. The van der Waals surface area contributed by atoms with Crippen molar-refractivity contribution in [3.8, 4) is 5.75 Å². The summed E-state index contributed by atoms with van der Waals surface area (Å²) in [4.78, 5) is 14.7. The van der Waals surface area contributed by atoms with Gasteiger partial charge in [0, 0.05) is 19.0 Å². The zero-order chi connectivity index (χ0) is 19.6. The third-order valence-corrected chi connectivity index (χ3v) is 5.36. The molecule has 1 aliphatic heterocycles. The lowest BCUT2D eigenvalue weighted by atomic mass is 10.0. The molecule has 0 aromatic heterocycles. The maximum atomic E-state index is 12.2. The number of hydrogen-bond acceptors (Lipinski definition) is 4. The van der Waals surface area contributed by atoms with Crippen molar-refractivity contribution in [3.05, 3.63) is 65.7 Å². The van der Waals surface area contributed by atoms with Crippen LogP contribution in [-0.2, 0) is 11.2 Å². The van der Waals surface area contributed by atoms with Gasteiger partial charge in [-0.3, -0.25) is 0 Å². The molecule has 0 aliphatic carbocycles. The monoisotopic (exact) mass is 417 g/mol. The van der Waals surface area contributed by atoms with Crippen molar-refractivity contribution in [2.45, 2.75) is 45.1 Å². The quantitative estimate of drug-likeness (QED) is 0.417. The Morgan fingerprint density at radius 2 is 1.79 bits per heavy atom. The number of hydrogen-bond donors (Lipinski definition) is 0. The number of halogens is 1. The van der Waals surface area contributed by atoms with Crippen molar-refractivity contribution < 1.29 is 14.3 Å². The number of nitrogens with zero attached hydrogens (tertiary/aromatic N) is 1. The van der Waals surface area contributed by atoms with Gasteiger partial charge in [0.1, 0.15) is 5.75 Å². The molecular formula is C24H32ClNO3. The van der Waals surface area contributed by atoms with Crippen LogP contribution in [0.5, 0.6) is 5.75 Å². The molecule has 1 atom stereocenters. The van der Waals surface area contributed by atoms with Gasteiger partial charge in [0.05, 0.1) is 18.8 Å². The molecule has 2 aromatic carbocycles. The normalized spacial score (nSPS) is 16.7. The van der Waals surface area contributed by atoms with Crippen LogP contribution in [0.3, 0.4) is 0 Å². The molecule has 1 aliphatic rings. The molecule has 158 valence electrons. The van der Waals surface area contributed by atoms with Crippen LogP contribution in [0.15, 0.2) is 54.6 Å². The van der Waals surface area contributed by atoms with Gasteiger partial charge in [0.15, 0.2) is 0 Å². The van der Waals surface area contributed by atoms with Crippen LogP contribution in [0.4, 0.5) is 0 Å². The topological polar surface area (TPSA) is 38.8 Å². The highest BCUT2D eigenvalue weighted by atomic mass is 35.5. The SMILES string of the molecule is CC1CCCCN1CCCOC(=O)c1ccc(OCCc2ccccc2)cc1.Cl. The van der Waals surface area contributed by atoms with E-state index in [1.54, 1.807) is 12.1 Å². The van der Waals surface area contributed by atoms with E-state index in [1.807, 2.05) is 30.3 Å². The number of piperidine rings is 1. The van der Waals surface area contributed by atoms with Crippen LogP contribution < -0.4 is 4.74 Å². The number of benzene rings is 2. The van der Waals surface area contributed by atoms with Crippen LogP contribution >= 0.6 is 12.4 Å². The molecule has 1 saturated heterocycles. The van der Waals surface area contributed by atoms with Crippen molar-refractivity contribution in [2.24, 2.45) is 0 Å². The Hall–Kier alpha value is -2.04. The third kappa shape index (κ3) is 7.71. The first-order valence-corrected chi connectivity index (χ1v) is 10.4. The van der Waals surface area contributed by atoms with E-state index in [9.17, 15) is 4.79 Å². The maximum absolute atomic E-state index is 12.2. The van der Waals surface area contributed by atoms with Gasteiger partial charge in [-0.15, -0.1) is 12.4 Å². The van der Waals surface area contributed by atoms with Crippen molar-refractivity contribution in [1.29, 1.82) is 0 Å². The van der Waals surface area contributed by atoms with Crippen LogP contribution in [0.2, 0.25) is 0 Å². The molecular weight excluding hydrogens is 386 g/mol. The van der Waals surface area contributed by atoms with Gasteiger partial charge in [0.25, 0.3) is 0 Å². The molecule has 4 nitrogen and oxygen atoms in total. The fourth-order valence-corrected chi connectivity index (χ4v) is 3.62. The largest absolute Gasteiger partial charge is 0.493 e. The van der Waals surface area contributed by atoms with Gasteiger partial charge in [-0.05, 0) is 62.6 Å². The standard InChI is InChI=1S/C24H31NO3.ClH/c1-20-8-5-6-16-25(20)17-7-18-28-24(26)22-11-13-23(14-12-22)27-19-15-21-9-3-2-4-10-21;/h2-4,9-14,20H,5-8,15-19H2,1H3;1H. The van der Waals surface area contributed by atoms with E-state index in [0.717, 1.165) is 25.1 Å². The van der Waals surface area contributed by atoms with Gasteiger partial charge in [-0.1, -0.05) is 36.8 Å². The average molecular weight is 418 g/mol. The summed E-state index contributed by atoms with van der Waals surface area (Å²) in [5.41, 5.74) is 1.82. The number of carbonyl (C=O) groups is 1. The minimum atomic E-state index is -0.262. The van der Waals surface area contributed by atoms with Gasteiger partial charge in [0.2, 0.25) is 0 Å². The predicted molar refractivity (Wildman–Crippen MR) is 119 cm³/mol. The molecule has 0 saturated carbocycles. The van der Waals surface area contributed by atoms with Crippen molar-refractivity contribution >= 4 is 18.4 Å². The van der Waals surface area contributed by atoms with Crippen LogP contribution in [0, 0.1) is 0 Å². The van der Waals surface area contributed by atoms with E-state index >= 15 is 0 Å². The van der Waals surface area contributed by atoms with Crippen LogP contribution in [0.25, 0.3) is 0 Å². The molecule has 0 bridgehead atoms. The molecule has 1 unspecified atom stereocenters. The summed E-state index contributed by atoms with van der Waals surface area (Å²) in [6.45, 7) is 5.54. The van der Waals surface area contributed by atoms with Crippen molar-refractivity contribution in [2.75, 3.05) is 26.3 Å². The molecule has 29 heavy (non-hydrogen) atoms. The van der Waals surface area contributed by atoms with Crippen LogP contribution in [-0.4, -0.2) is 43.2 Å². The lowest BCUT2D eigenvalue weighted by Gasteiger charge is -2.33. The first-order valence-electron chi connectivity index (χ1n) is 10.4. The maximum Gasteiger partial charge on any atom is 0.338 e. The van der Waals surface area contributed by atoms with Gasteiger partial charge in [-0.25, -0.2) is 4.79 Å². The van der Waals surface area contributed by atoms with E-state index < -0.39 is 0 Å². The Labute approximate surface area is 180 Å². The summed E-state index contributed by atoms with van der Waals surface area (Å²) in [6, 6.07) is 18.1. The molecule has 0 N–H and O–H groups in total. The Balaban J connectivity index is 0.00000300. The highest BCUT2D eigenvalue weighted by Gasteiger charge is 2.17. The summed E-state index contributed by atoms with van der Waals surface area (Å²) in [6.07, 6.45) is 5.64.